The summed E-state index contributed by atoms with van der Waals surface area (Å²) in [4.78, 5) is 0. The Balaban J connectivity index is 2.82. The van der Waals surface area contributed by atoms with Crippen molar-refractivity contribution in [2.24, 2.45) is 5.73 Å². The quantitative estimate of drug-likeness (QED) is 0.602. The van der Waals surface area contributed by atoms with E-state index in [1.54, 1.807) is 0 Å². The maximum absolute atomic E-state index is 5.87. The second-order valence-electron chi connectivity index (χ2n) is 3.63. The van der Waals surface area contributed by atoms with Crippen LogP contribution in [0.5, 0.6) is 5.75 Å². The number of hydrogen-bond acceptors (Lipinski definition) is 2. The summed E-state index contributed by atoms with van der Waals surface area (Å²) in [6.45, 7) is 4.53. The molecule has 0 fully saturated rings. The van der Waals surface area contributed by atoms with Gasteiger partial charge < -0.3 is 10.5 Å². The number of terminal acetylenes is 1. The van der Waals surface area contributed by atoms with Crippen molar-refractivity contribution >= 4 is 0 Å². The van der Waals surface area contributed by atoms with E-state index in [9.17, 15) is 0 Å². The molecule has 2 heteroatoms. The lowest BCUT2D eigenvalue weighted by atomic mass is 10.1. The summed E-state index contributed by atoms with van der Waals surface area (Å²) < 4.78 is 5.57. The molecule has 1 aromatic carbocycles. The van der Waals surface area contributed by atoms with Gasteiger partial charge in [-0.05, 0) is 19.9 Å². The third kappa shape index (κ3) is 3.30. The maximum Gasteiger partial charge on any atom is 0.124 e. The van der Waals surface area contributed by atoms with Gasteiger partial charge in [-0.3, -0.25) is 0 Å². The van der Waals surface area contributed by atoms with Crippen LogP contribution in [0.1, 0.15) is 30.5 Å². The third-order valence-electron chi connectivity index (χ3n) is 2.16. The molecule has 1 rings (SSSR count). The molecule has 0 aliphatic carbocycles. The lowest BCUT2D eigenvalue weighted by Gasteiger charge is -2.14. The normalized spacial score (nSPS) is 11.9. The van der Waals surface area contributed by atoms with E-state index in [4.69, 9.17) is 16.9 Å². The summed E-state index contributed by atoms with van der Waals surface area (Å²) >= 11 is 0. The van der Waals surface area contributed by atoms with Gasteiger partial charge >= 0.3 is 0 Å². The molecule has 0 amide bonds. The van der Waals surface area contributed by atoms with Gasteiger partial charge in [0.15, 0.2) is 0 Å². The number of benzene rings is 1. The Morgan fingerprint density at radius 1 is 1.53 bits per heavy atom. The minimum absolute atomic E-state index is 0.0225. The Bertz CT molecular complexity index is 363. The highest BCUT2D eigenvalue weighted by Gasteiger charge is 2.07. The first kappa shape index (κ1) is 11.6. The molecule has 0 saturated carbocycles. The van der Waals surface area contributed by atoms with E-state index in [0.29, 0.717) is 13.0 Å². The van der Waals surface area contributed by atoms with Crippen LogP contribution in [-0.2, 0) is 0 Å². The van der Waals surface area contributed by atoms with Crippen LogP contribution in [0.4, 0.5) is 0 Å². The van der Waals surface area contributed by atoms with Gasteiger partial charge in [0, 0.05) is 18.0 Å². The van der Waals surface area contributed by atoms with Crippen molar-refractivity contribution in [3.05, 3.63) is 29.3 Å². The van der Waals surface area contributed by atoms with Gasteiger partial charge in [-0.1, -0.05) is 17.7 Å². The molecule has 0 aromatic heterocycles. The maximum atomic E-state index is 5.87. The lowest BCUT2D eigenvalue weighted by Crippen LogP contribution is -2.08. The highest BCUT2D eigenvalue weighted by Crippen LogP contribution is 2.24. The molecule has 2 N–H and O–H groups in total. The van der Waals surface area contributed by atoms with Crippen molar-refractivity contribution in [1.29, 1.82) is 0 Å². The summed E-state index contributed by atoms with van der Waals surface area (Å²) in [5.41, 5.74) is 8.09. The highest BCUT2D eigenvalue weighted by molar-refractivity contribution is 5.38. The van der Waals surface area contributed by atoms with Gasteiger partial charge in [0.25, 0.3) is 0 Å². The van der Waals surface area contributed by atoms with E-state index >= 15 is 0 Å². The van der Waals surface area contributed by atoms with E-state index in [1.165, 1.54) is 5.56 Å². The number of rotatable bonds is 4. The van der Waals surface area contributed by atoms with Gasteiger partial charge in [-0.15, -0.1) is 12.3 Å². The molecule has 80 valence electrons. The van der Waals surface area contributed by atoms with Crippen molar-refractivity contribution in [3.63, 3.8) is 0 Å². The Labute approximate surface area is 91.4 Å². The first-order valence-corrected chi connectivity index (χ1v) is 5.07. The SMILES string of the molecule is C#CCCOc1ccc(C)cc1C(C)N. The molecular formula is C13H17NO. The van der Waals surface area contributed by atoms with E-state index in [-0.39, 0.29) is 6.04 Å². The molecule has 0 bridgehead atoms. The fourth-order valence-electron chi connectivity index (χ4n) is 1.38. The van der Waals surface area contributed by atoms with E-state index in [1.807, 2.05) is 26.0 Å². The van der Waals surface area contributed by atoms with Gasteiger partial charge in [0.1, 0.15) is 5.75 Å². The Morgan fingerprint density at radius 3 is 2.87 bits per heavy atom. The third-order valence-corrected chi connectivity index (χ3v) is 2.16. The highest BCUT2D eigenvalue weighted by atomic mass is 16.5. The van der Waals surface area contributed by atoms with Crippen LogP contribution in [0, 0.1) is 19.3 Å². The predicted octanol–water partition coefficient (Wildman–Crippen LogP) is 2.42. The second-order valence-corrected chi connectivity index (χ2v) is 3.63. The van der Waals surface area contributed by atoms with Crippen LogP contribution in [0.3, 0.4) is 0 Å². The molecule has 1 atom stereocenters. The number of hydrogen-bond donors (Lipinski definition) is 1. The fourth-order valence-corrected chi connectivity index (χ4v) is 1.38. The fraction of sp³-hybridized carbons (Fsp3) is 0.385. The predicted molar refractivity (Wildman–Crippen MR) is 62.7 cm³/mol. The second kappa shape index (κ2) is 5.43. The lowest BCUT2D eigenvalue weighted by molar-refractivity contribution is 0.322. The minimum Gasteiger partial charge on any atom is -0.492 e. The first-order chi connectivity index (χ1) is 7.15. The molecule has 15 heavy (non-hydrogen) atoms. The molecule has 0 radical (unpaired) electrons. The molecule has 1 aromatic rings. The molecule has 2 nitrogen and oxygen atoms in total. The Kier molecular flexibility index (Phi) is 4.20. The molecule has 0 aliphatic rings. The molecule has 0 spiro atoms. The summed E-state index contributed by atoms with van der Waals surface area (Å²) in [5.74, 6) is 3.38. The molecule has 0 aliphatic heterocycles. The van der Waals surface area contributed by atoms with Crippen LogP contribution in [0.2, 0.25) is 0 Å². The molecule has 0 heterocycles. The Hall–Kier alpha value is -1.46. The zero-order valence-electron chi connectivity index (χ0n) is 9.29. The monoisotopic (exact) mass is 203 g/mol. The standard InChI is InChI=1S/C13H17NO/c1-4-5-8-15-13-7-6-10(2)9-12(13)11(3)14/h1,6-7,9,11H,5,8,14H2,2-3H3. The Morgan fingerprint density at radius 2 is 2.27 bits per heavy atom. The summed E-state index contributed by atoms with van der Waals surface area (Å²) in [5, 5.41) is 0. The molecular weight excluding hydrogens is 186 g/mol. The van der Waals surface area contributed by atoms with Gasteiger partial charge in [-0.2, -0.15) is 0 Å². The topological polar surface area (TPSA) is 35.2 Å². The van der Waals surface area contributed by atoms with Crippen molar-refractivity contribution in [2.75, 3.05) is 6.61 Å². The van der Waals surface area contributed by atoms with Gasteiger partial charge in [0.2, 0.25) is 0 Å². The zero-order valence-corrected chi connectivity index (χ0v) is 9.29. The van der Waals surface area contributed by atoms with E-state index in [0.717, 1.165) is 11.3 Å². The van der Waals surface area contributed by atoms with Crippen LogP contribution in [-0.4, -0.2) is 6.61 Å². The van der Waals surface area contributed by atoms with Crippen molar-refractivity contribution in [3.8, 4) is 18.1 Å². The van der Waals surface area contributed by atoms with Crippen molar-refractivity contribution in [1.82, 2.24) is 0 Å². The van der Waals surface area contributed by atoms with Crippen molar-refractivity contribution in [2.45, 2.75) is 26.3 Å². The first-order valence-electron chi connectivity index (χ1n) is 5.07. The largest absolute Gasteiger partial charge is 0.492 e. The number of nitrogens with two attached hydrogens (primary N) is 1. The number of aryl methyl sites for hydroxylation is 1. The van der Waals surface area contributed by atoms with Crippen LogP contribution in [0.15, 0.2) is 18.2 Å². The van der Waals surface area contributed by atoms with Crippen LogP contribution < -0.4 is 10.5 Å². The summed E-state index contributed by atoms with van der Waals surface area (Å²) in [7, 11) is 0. The average molecular weight is 203 g/mol. The van der Waals surface area contributed by atoms with E-state index < -0.39 is 0 Å². The zero-order chi connectivity index (χ0) is 11.3. The van der Waals surface area contributed by atoms with Gasteiger partial charge in [-0.25, -0.2) is 0 Å². The summed E-state index contributed by atoms with van der Waals surface area (Å²) in [6, 6.07) is 5.99. The van der Waals surface area contributed by atoms with Crippen molar-refractivity contribution < 1.29 is 4.74 Å². The van der Waals surface area contributed by atoms with Crippen LogP contribution in [0.25, 0.3) is 0 Å². The number of ether oxygens (including phenoxy) is 1. The van der Waals surface area contributed by atoms with E-state index in [2.05, 4.69) is 12.0 Å². The molecule has 0 saturated heterocycles. The average Bonchev–Trinajstić information content (AvgIpc) is 2.20. The van der Waals surface area contributed by atoms with Crippen LogP contribution >= 0.6 is 0 Å². The summed E-state index contributed by atoms with van der Waals surface area (Å²) in [6.07, 6.45) is 5.78. The smallest absolute Gasteiger partial charge is 0.124 e. The minimum atomic E-state index is -0.0225. The molecule has 1 unspecified atom stereocenters. The van der Waals surface area contributed by atoms with Gasteiger partial charge in [0.05, 0.1) is 6.61 Å².